The number of hydrogen-bond acceptors (Lipinski definition) is 3. The molecule has 1 saturated heterocycles. The molecule has 1 aliphatic heterocycles. The van der Waals surface area contributed by atoms with Crippen molar-refractivity contribution in [2.75, 3.05) is 0 Å². The standard InChI is InChI=1S/C11H18O4/c1-4-8-9(6-5-7-10(12)13)15-11(2,3)14-8/h5,7-9H,4,6H2,1-3H3,(H,12,13)/t8?,9-/m0/s1. The molecule has 1 rings (SSSR count). The van der Waals surface area contributed by atoms with Crippen LogP contribution < -0.4 is 0 Å². The van der Waals surface area contributed by atoms with Crippen molar-refractivity contribution in [1.82, 2.24) is 0 Å². The molecule has 4 nitrogen and oxygen atoms in total. The molecule has 86 valence electrons. The van der Waals surface area contributed by atoms with Crippen LogP contribution in [0.5, 0.6) is 0 Å². The Morgan fingerprint density at radius 3 is 2.53 bits per heavy atom. The lowest BCUT2D eigenvalue weighted by Gasteiger charge is -2.16. The van der Waals surface area contributed by atoms with Crippen LogP contribution in [0, 0.1) is 0 Å². The number of ether oxygens (including phenoxy) is 2. The third-order valence-electron chi connectivity index (χ3n) is 2.32. The minimum Gasteiger partial charge on any atom is -0.478 e. The van der Waals surface area contributed by atoms with Gasteiger partial charge in [-0.25, -0.2) is 4.79 Å². The van der Waals surface area contributed by atoms with E-state index in [0.29, 0.717) is 6.42 Å². The molecule has 0 aromatic rings. The first-order chi connectivity index (χ1) is 6.94. The highest BCUT2D eigenvalue weighted by Crippen LogP contribution is 2.31. The van der Waals surface area contributed by atoms with Crippen molar-refractivity contribution in [3.05, 3.63) is 12.2 Å². The van der Waals surface area contributed by atoms with Gasteiger partial charge in [-0.05, 0) is 26.7 Å². The summed E-state index contributed by atoms with van der Waals surface area (Å²) in [6.45, 7) is 5.77. The lowest BCUT2D eigenvalue weighted by molar-refractivity contribution is -0.146. The molecule has 15 heavy (non-hydrogen) atoms. The van der Waals surface area contributed by atoms with Crippen molar-refractivity contribution >= 4 is 5.97 Å². The summed E-state index contributed by atoms with van der Waals surface area (Å²) in [5, 5.41) is 8.45. The van der Waals surface area contributed by atoms with Crippen LogP contribution >= 0.6 is 0 Å². The maximum absolute atomic E-state index is 10.3. The molecule has 1 unspecified atom stereocenters. The summed E-state index contributed by atoms with van der Waals surface area (Å²) in [5.74, 6) is -1.48. The summed E-state index contributed by atoms with van der Waals surface area (Å²) in [6, 6.07) is 0. The highest BCUT2D eigenvalue weighted by Gasteiger charge is 2.39. The van der Waals surface area contributed by atoms with E-state index in [2.05, 4.69) is 0 Å². The second kappa shape index (κ2) is 4.77. The van der Waals surface area contributed by atoms with E-state index in [-0.39, 0.29) is 12.2 Å². The summed E-state index contributed by atoms with van der Waals surface area (Å²) in [4.78, 5) is 10.3. The van der Waals surface area contributed by atoms with E-state index in [0.717, 1.165) is 12.5 Å². The normalized spacial score (nSPS) is 29.8. The number of carboxylic acid groups (broad SMARTS) is 1. The fourth-order valence-corrected chi connectivity index (χ4v) is 1.76. The number of hydrogen-bond donors (Lipinski definition) is 1. The van der Waals surface area contributed by atoms with Crippen LogP contribution in [0.15, 0.2) is 12.2 Å². The molecule has 0 aromatic heterocycles. The SMILES string of the molecule is CCC1OC(C)(C)O[C@H]1CC=CC(=O)O. The maximum atomic E-state index is 10.3. The van der Waals surface area contributed by atoms with Gasteiger partial charge in [0.2, 0.25) is 0 Å². The molecule has 1 aliphatic rings. The van der Waals surface area contributed by atoms with Gasteiger partial charge in [-0.3, -0.25) is 0 Å². The van der Waals surface area contributed by atoms with E-state index in [1.807, 2.05) is 20.8 Å². The monoisotopic (exact) mass is 214 g/mol. The van der Waals surface area contributed by atoms with Crippen LogP contribution in [0.25, 0.3) is 0 Å². The lowest BCUT2D eigenvalue weighted by Crippen LogP contribution is -2.21. The molecule has 0 spiro atoms. The Hall–Kier alpha value is -0.870. The van der Waals surface area contributed by atoms with Gasteiger partial charge in [-0.15, -0.1) is 0 Å². The van der Waals surface area contributed by atoms with Crippen LogP contribution in [0.3, 0.4) is 0 Å². The Bertz CT molecular complexity index is 257. The number of aliphatic carboxylic acids is 1. The van der Waals surface area contributed by atoms with E-state index >= 15 is 0 Å². The highest BCUT2D eigenvalue weighted by molar-refractivity contribution is 5.79. The fraction of sp³-hybridized carbons (Fsp3) is 0.727. The van der Waals surface area contributed by atoms with Gasteiger partial charge in [0.1, 0.15) is 0 Å². The molecular weight excluding hydrogens is 196 g/mol. The predicted octanol–water partition coefficient (Wildman–Crippen LogP) is 1.95. The number of carbonyl (C=O) groups is 1. The highest BCUT2D eigenvalue weighted by atomic mass is 16.7. The molecule has 0 bridgehead atoms. The molecule has 0 aromatic carbocycles. The third-order valence-corrected chi connectivity index (χ3v) is 2.32. The summed E-state index contributed by atoms with van der Waals surface area (Å²) in [6.07, 6.45) is 4.21. The fourth-order valence-electron chi connectivity index (χ4n) is 1.76. The van der Waals surface area contributed by atoms with Crippen molar-refractivity contribution in [2.45, 2.75) is 51.6 Å². The van der Waals surface area contributed by atoms with Gasteiger partial charge in [0, 0.05) is 6.08 Å². The second-order valence-corrected chi connectivity index (χ2v) is 4.10. The summed E-state index contributed by atoms with van der Waals surface area (Å²) < 4.78 is 11.3. The van der Waals surface area contributed by atoms with Gasteiger partial charge < -0.3 is 14.6 Å². The molecular formula is C11H18O4. The molecule has 4 heteroatoms. The molecule has 0 aliphatic carbocycles. The zero-order valence-corrected chi connectivity index (χ0v) is 9.40. The first-order valence-electron chi connectivity index (χ1n) is 5.19. The van der Waals surface area contributed by atoms with E-state index in [9.17, 15) is 4.79 Å². The summed E-state index contributed by atoms with van der Waals surface area (Å²) in [5.41, 5.74) is 0. The minimum atomic E-state index is -0.929. The third kappa shape index (κ3) is 3.64. The van der Waals surface area contributed by atoms with Gasteiger partial charge >= 0.3 is 5.97 Å². The Labute approximate surface area is 89.9 Å². The van der Waals surface area contributed by atoms with E-state index in [1.54, 1.807) is 6.08 Å². The van der Waals surface area contributed by atoms with Crippen molar-refractivity contribution in [2.24, 2.45) is 0 Å². The Morgan fingerprint density at radius 2 is 2.00 bits per heavy atom. The Morgan fingerprint density at radius 1 is 1.40 bits per heavy atom. The lowest BCUT2D eigenvalue weighted by atomic mass is 10.1. The van der Waals surface area contributed by atoms with Gasteiger partial charge in [-0.2, -0.15) is 0 Å². The predicted molar refractivity (Wildman–Crippen MR) is 55.5 cm³/mol. The number of rotatable bonds is 4. The quantitative estimate of drug-likeness (QED) is 0.727. The van der Waals surface area contributed by atoms with Crippen molar-refractivity contribution in [3.63, 3.8) is 0 Å². The average Bonchev–Trinajstić information content (AvgIpc) is 2.40. The minimum absolute atomic E-state index is 0.0411. The smallest absolute Gasteiger partial charge is 0.327 e. The van der Waals surface area contributed by atoms with E-state index < -0.39 is 11.8 Å². The van der Waals surface area contributed by atoms with Gasteiger partial charge in [0.15, 0.2) is 5.79 Å². The summed E-state index contributed by atoms with van der Waals surface area (Å²) >= 11 is 0. The van der Waals surface area contributed by atoms with Gasteiger partial charge in [0.25, 0.3) is 0 Å². The zero-order chi connectivity index (χ0) is 11.5. The first-order valence-corrected chi connectivity index (χ1v) is 5.19. The molecule has 0 saturated carbocycles. The average molecular weight is 214 g/mol. The topological polar surface area (TPSA) is 55.8 Å². The van der Waals surface area contributed by atoms with Crippen LogP contribution in [0.1, 0.15) is 33.6 Å². The van der Waals surface area contributed by atoms with Crippen LogP contribution in [0.4, 0.5) is 0 Å². The largest absolute Gasteiger partial charge is 0.478 e. The van der Waals surface area contributed by atoms with Gasteiger partial charge in [-0.1, -0.05) is 13.0 Å². The molecule has 0 amide bonds. The maximum Gasteiger partial charge on any atom is 0.327 e. The molecule has 1 fully saturated rings. The van der Waals surface area contributed by atoms with Crippen LogP contribution in [-0.4, -0.2) is 29.1 Å². The van der Waals surface area contributed by atoms with Gasteiger partial charge in [0.05, 0.1) is 12.2 Å². The Kier molecular flexibility index (Phi) is 3.88. The molecule has 1 heterocycles. The van der Waals surface area contributed by atoms with E-state index in [1.165, 1.54) is 0 Å². The Balaban J connectivity index is 2.50. The van der Waals surface area contributed by atoms with Crippen molar-refractivity contribution in [3.8, 4) is 0 Å². The van der Waals surface area contributed by atoms with E-state index in [4.69, 9.17) is 14.6 Å². The van der Waals surface area contributed by atoms with Crippen LogP contribution in [-0.2, 0) is 14.3 Å². The summed E-state index contributed by atoms with van der Waals surface area (Å²) in [7, 11) is 0. The molecule has 1 N–H and O–H groups in total. The number of carboxylic acids is 1. The first kappa shape index (κ1) is 12.2. The molecule has 2 atom stereocenters. The van der Waals surface area contributed by atoms with Crippen molar-refractivity contribution in [1.29, 1.82) is 0 Å². The second-order valence-electron chi connectivity index (χ2n) is 4.10. The zero-order valence-electron chi connectivity index (χ0n) is 9.40. The van der Waals surface area contributed by atoms with Crippen LogP contribution in [0.2, 0.25) is 0 Å². The molecule has 0 radical (unpaired) electrons. The van der Waals surface area contributed by atoms with Crippen molar-refractivity contribution < 1.29 is 19.4 Å².